The third-order valence-electron chi connectivity index (χ3n) is 6.74. The SMILES string of the molecule is CCCCCCCCCc1ccccc1Oc1ccccc1CCCCCCCCC.OCCOCCO. The van der Waals surface area contributed by atoms with Crippen molar-refractivity contribution < 1.29 is 19.7 Å². The largest absolute Gasteiger partial charge is 0.457 e. The van der Waals surface area contributed by atoms with Gasteiger partial charge in [-0.3, -0.25) is 0 Å². The summed E-state index contributed by atoms with van der Waals surface area (Å²) in [6.45, 7) is 5.26. The predicted molar refractivity (Wildman–Crippen MR) is 161 cm³/mol. The van der Waals surface area contributed by atoms with E-state index in [0.717, 1.165) is 24.3 Å². The minimum atomic E-state index is 0.0278. The highest BCUT2D eigenvalue weighted by Crippen LogP contribution is 2.30. The van der Waals surface area contributed by atoms with Crippen LogP contribution in [0.1, 0.15) is 115 Å². The van der Waals surface area contributed by atoms with Crippen LogP contribution in [-0.4, -0.2) is 36.6 Å². The van der Waals surface area contributed by atoms with E-state index in [9.17, 15) is 0 Å². The predicted octanol–water partition coefficient (Wildman–Crippen LogP) is 9.05. The fraction of sp³-hybridized carbons (Fsp3) is 0.647. The summed E-state index contributed by atoms with van der Waals surface area (Å²) in [5, 5.41) is 16.2. The minimum Gasteiger partial charge on any atom is -0.457 e. The van der Waals surface area contributed by atoms with Crippen LogP contribution in [0.5, 0.6) is 11.5 Å². The molecule has 0 saturated heterocycles. The van der Waals surface area contributed by atoms with Crippen molar-refractivity contribution in [2.75, 3.05) is 26.4 Å². The van der Waals surface area contributed by atoms with E-state index in [1.54, 1.807) is 0 Å². The number of unbranched alkanes of at least 4 members (excludes halogenated alkanes) is 12. The van der Waals surface area contributed by atoms with E-state index >= 15 is 0 Å². The topological polar surface area (TPSA) is 58.9 Å². The molecule has 2 aromatic carbocycles. The van der Waals surface area contributed by atoms with Crippen LogP contribution >= 0.6 is 0 Å². The van der Waals surface area contributed by atoms with Crippen LogP contribution in [0.3, 0.4) is 0 Å². The summed E-state index contributed by atoms with van der Waals surface area (Å²) in [7, 11) is 0. The van der Waals surface area contributed by atoms with Crippen LogP contribution in [-0.2, 0) is 17.6 Å². The quantitative estimate of drug-likeness (QED) is 0.150. The van der Waals surface area contributed by atoms with Gasteiger partial charge in [-0.25, -0.2) is 0 Å². The van der Waals surface area contributed by atoms with E-state index in [1.165, 1.54) is 101 Å². The number of hydrogen-bond acceptors (Lipinski definition) is 4. The molecule has 38 heavy (non-hydrogen) atoms. The lowest BCUT2D eigenvalue weighted by molar-refractivity contribution is 0.0650. The molecule has 0 heterocycles. The first kappa shape index (κ1) is 34.1. The molecular formula is C34H56O4. The average Bonchev–Trinajstić information content (AvgIpc) is 2.94. The molecule has 0 atom stereocenters. The molecule has 2 N–H and O–H groups in total. The molecular weight excluding hydrogens is 472 g/mol. The lowest BCUT2D eigenvalue weighted by Crippen LogP contribution is -2.03. The molecule has 0 aliphatic rings. The Morgan fingerprint density at radius 2 is 0.868 bits per heavy atom. The molecule has 0 amide bonds. The van der Waals surface area contributed by atoms with Gasteiger partial charge in [0.2, 0.25) is 0 Å². The van der Waals surface area contributed by atoms with E-state index in [1.807, 2.05) is 0 Å². The zero-order valence-electron chi connectivity index (χ0n) is 24.5. The number of ether oxygens (including phenoxy) is 2. The molecule has 0 aliphatic carbocycles. The lowest BCUT2D eigenvalue weighted by atomic mass is 10.0. The molecule has 2 aromatic rings. The molecule has 216 valence electrons. The Balaban J connectivity index is 0.000000905. The van der Waals surface area contributed by atoms with Crippen molar-refractivity contribution in [2.45, 2.75) is 117 Å². The van der Waals surface area contributed by atoms with Crippen molar-refractivity contribution in [2.24, 2.45) is 0 Å². The first-order chi connectivity index (χ1) is 18.8. The van der Waals surface area contributed by atoms with Crippen molar-refractivity contribution in [1.29, 1.82) is 0 Å². The Bertz CT molecular complexity index is 713. The van der Waals surface area contributed by atoms with Gasteiger partial charge >= 0.3 is 0 Å². The number of aliphatic hydroxyl groups is 2. The fourth-order valence-corrected chi connectivity index (χ4v) is 4.51. The Morgan fingerprint density at radius 1 is 0.500 bits per heavy atom. The zero-order chi connectivity index (χ0) is 27.5. The van der Waals surface area contributed by atoms with Crippen LogP contribution in [0.15, 0.2) is 48.5 Å². The zero-order valence-corrected chi connectivity index (χ0v) is 24.5. The highest BCUT2D eigenvalue weighted by molar-refractivity contribution is 5.41. The van der Waals surface area contributed by atoms with Gasteiger partial charge in [0.15, 0.2) is 0 Å². The first-order valence-electron chi connectivity index (χ1n) is 15.4. The second kappa shape index (κ2) is 25.4. The highest BCUT2D eigenvalue weighted by atomic mass is 16.5. The summed E-state index contributed by atoms with van der Waals surface area (Å²) in [5.41, 5.74) is 2.70. The van der Waals surface area contributed by atoms with Gasteiger partial charge in [0.25, 0.3) is 0 Å². The molecule has 0 aliphatic heterocycles. The van der Waals surface area contributed by atoms with Gasteiger partial charge in [-0.2, -0.15) is 0 Å². The summed E-state index contributed by atoms with van der Waals surface area (Å²) >= 11 is 0. The average molecular weight is 529 g/mol. The van der Waals surface area contributed by atoms with Crippen molar-refractivity contribution in [3.8, 4) is 11.5 Å². The Labute approximate surface area is 233 Å². The molecule has 0 saturated carbocycles. The monoisotopic (exact) mass is 528 g/mol. The van der Waals surface area contributed by atoms with E-state index < -0.39 is 0 Å². The summed E-state index contributed by atoms with van der Waals surface area (Å²) < 4.78 is 11.1. The van der Waals surface area contributed by atoms with Gasteiger partial charge in [-0.1, -0.05) is 127 Å². The van der Waals surface area contributed by atoms with E-state index in [2.05, 4.69) is 67.1 Å². The van der Waals surface area contributed by atoms with E-state index in [0.29, 0.717) is 13.2 Å². The van der Waals surface area contributed by atoms with Crippen molar-refractivity contribution in [3.05, 3.63) is 59.7 Å². The third kappa shape index (κ3) is 17.6. The Hall–Kier alpha value is -1.88. The smallest absolute Gasteiger partial charge is 0.130 e. The van der Waals surface area contributed by atoms with Gasteiger partial charge in [0, 0.05) is 0 Å². The summed E-state index contributed by atoms with van der Waals surface area (Å²) in [5.74, 6) is 2.08. The normalized spacial score (nSPS) is 10.7. The minimum absolute atomic E-state index is 0.0278. The third-order valence-corrected chi connectivity index (χ3v) is 6.74. The maximum Gasteiger partial charge on any atom is 0.130 e. The van der Waals surface area contributed by atoms with Crippen molar-refractivity contribution in [1.82, 2.24) is 0 Å². The van der Waals surface area contributed by atoms with Gasteiger partial charge < -0.3 is 19.7 Å². The number of benzene rings is 2. The lowest BCUT2D eigenvalue weighted by Gasteiger charge is -2.14. The molecule has 0 spiro atoms. The molecule has 4 nitrogen and oxygen atoms in total. The van der Waals surface area contributed by atoms with Gasteiger partial charge in [0.1, 0.15) is 11.5 Å². The fourth-order valence-electron chi connectivity index (χ4n) is 4.51. The number of aryl methyl sites for hydroxylation is 2. The Kier molecular flexibility index (Phi) is 22.8. The van der Waals surface area contributed by atoms with Crippen molar-refractivity contribution >= 4 is 0 Å². The van der Waals surface area contributed by atoms with Crippen LogP contribution in [0.4, 0.5) is 0 Å². The molecule has 0 radical (unpaired) electrons. The highest BCUT2D eigenvalue weighted by Gasteiger charge is 2.08. The number of hydrogen-bond donors (Lipinski definition) is 2. The van der Waals surface area contributed by atoms with Crippen molar-refractivity contribution in [3.63, 3.8) is 0 Å². The van der Waals surface area contributed by atoms with Crippen LogP contribution in [0.2, 0.25) is 0 Å². The number of para-hydroxylation sites is 2. The number of rotatable bonds is 22. The molecule has 0 bridgehead atoms. The van der Waals surface area contributed by atoms with Crippen LogP contribution in [0, 0.1) is 0 Å². The first-order valence-corrected chi connectivity index (χ1v) is 15.4. The van der Waals surface area contributed by atoms with Gasteiger partial charge in [-0.05, 0) is 48.9 Å². The summed E-state index contributed by atoms with van der Waals surface area (Å²) in [4.78, 5) is 0. The maximum atomic E-state index is 8.09. The maximum absolute atomic E-state index is 8.09. The van der Waals surface area contributed by atoms with E-state index in [4.69, 9.17) is 14.9 Å². The Morgan fingerprint density at radius 3 is 1.26 bits per heavy atom. The standard InChI is InChI=1S/C30H46O.C4H10O3/c1-3-5-7-9-11-13-15-21-27-23-17-19-25-29(27)31-30-26-20-18-24-28(30)22-16-14-12-10-8-6-4-2;5-1-3-7-4-2-6/h17-20,23-26H,3-16,21-22H2,1-2H3;5-6H,1-4H2. The summed E-state index contributed by atoms with van der Waals surface area (Å²) in [6.07, 6.45) is 21.1. The molecule has 0 unspecified atom stereocenters. The second-order valence-electron chi connectivity index (χ2n) is 10.1. The van der Waals surface area contributed by atoms with Gasteiger partial charge in [-0.15, -0.1) is 0 Å². The summed E-state index contributed by atoms with van der Waals surface area (Å²) in [6, 6.07) is 17.3. The molecule has 2 rings (SSSR count). The number of aliphatic hydroxyl groups excluding tert-OH is 2. The molecule has 0 fully saturated rings. The van der Waals surface area contributed by atoms with E-state index in [-0.39, 0.29) is 13.2 Å². The second-order valence-corrected chi connectivity index (χ2v) is 10.1. The van der Waals surface area contributed by atoms with Crippen LogP contribution < -0.4 is 4.74 Å². The molecule has 0 aromatic heterocycles. The van der Waals surface area contributed by atoms with Gasteiger partial charge in [0.05, 0.1) is 26.4 Å². The molecule has 4 heteroatoms. The van der Waals surface area contributed by atoms with Crippen LogP contribution in [0.25, 0.3) is 0 Å².